The predicted octanol–water partition coefficient (Wildman–Crippen LogP) is 4.56. The van der Waals surface area contributed by atoms with Gasteiger partial charge in [0.15, 0.2) is 0 Å². The summed E-state index contributed by atoms with van der Waals surface area (Å²) < 4.78 is 3.47. The number of amides is 1. The lowest BCUT2D eigenvalue weighted by atomic mass is 10.2. The molecular weight excluding hydrogens is 385 g/mol. The molecule has 6 nitrogen and oxygen atoms in total. The van der Waals surface area contributed by atoms with Gasteiger partial charge < -0.3 is 5.32 Å². The van der Waals surface area contributed by atoms with Crippen molar-refractivity contribution < 1.29 is 4.79 Å². The molecule has 0 fully saturated rings. The van der Waals surface area contributed by atoms with Crippen LogP contribution in [0.25, 0.3) is 0 Å². The first-order chi connectivity index (χ1) is 12.8. The number of aryl methyl sites for hydroxylation is 1. The Labute approximate surface area is 168 Å². The molecule has 1 atom stereocenters. The van der Waals surface area contributed by atoms with Crippen molar-refractivity contribution in [2.75, 3.05) is 5.32 Å². The summed E-state index contributed by atoms with van der Waals surface area (Å²) >= 11 is 12.1. The third kappa shape index (κ3) is 4.01. The van der Waals surface area contributed by atoms with Gasteiger partial charge in [-0.25, -0.2) is 0 Å². The summed E-state index contributed by atoms with van der Waals surface area (Å²) in [6.45, 7) is 8.00. The number of carbonyl (C=O) groups excluding carboxylic acids is 1. The first kappa shape index (κ1) is 19.5. The van der Waals surface area contributed by atoms with Crippen molar-refractivity contribution in [2.45, 2.75) is 40.3 Å². The van der Waals surface area contributed by atoms with Crippen molar-refractivity contribution in [1.82, 2.24) is 19.6 Å². The molecule has 0 saturated heterocycles. The lowest BCUT2D eigenvalue weighted by Gasteiger charge is -2.15. The quantitative estimate of drug-likeness (QED) is 0.676. The van der Waals surface area contributed by atoms with Gasteiger partial charge in [-0.1, -0.05) is 35.3 Å². The zero-order valence-electron chi connectivity index (χ0n) is 15.6. The number of hydrogen-bond donors (Lipinski definition) is 1. The van der Waals surface area contributed by atoms with Crippen LogP contribution in [0.2, 0.25) is 10.0 Å². The molecule has 1 aromatic carbocycles. The summed E-state index contributed by atoms with van der Waals surface area (Å²) in [6.07, 6.45) is 1.54. The number of hydrogen-bond acceptors (Lipinski definition) is 3. The molecular formula is C19H21Cl2N5O. The number of rotatable bonds is 5. The number of aromatic nitrogens is 4. The van der Waals surface area contributed by atoms with Gasteiger partial charge in [-0.15, -0.1) is 0 Å². The highest BCUT2D eigenvalue weighted by Crippen LogP contribution is 2.24. The minimum Gasteiger partial charge on any atom is -0.321 e. The van der Waals surface area contributed by atoms with E-state index in [4.69, 9.17) is 23.2 Å². The van der Waals surface area contributed by atoms with E-state index in [2.05, 4.69) is 15.5 Å². The summed E-state index contributed by atoms with van der Waals surface area (Å²) in [5, 5.41) is 12.9. The fraction of sp³-hybridized carbons (Fsp3) is 0.316. The van der Waals surface area contributed by atoms with Crippen molar-refractivity contribution in [2.24, 2.45) is 0 Å². The molecule has 0 spiro atoms. The highest BCUT2D eigenvalue weighted by molar-refractivity contribution is 6.31. The van der Waals surface area contributed by atoms with Crippen molar-refractivity contribution in [3.63, 3.8) is 0 Å². The maximum absolute atomic E-state index is 12.7. The fourth-order valence-electron chi connectivity index (χ4n) is 2.97. The van der Waals surface area contributed by atoms with E-state index in [1.54, 1.807) is 17.8 Å². The third-order valence-electron chi connectivity index (χ3n) is 4.58. The molecule has 0 aliphatic rings. The van der Waals surface area contributed by atoms with Gasteiger partial charge in [0.25, 0.3) is 0 Å². The van der Waals surface area contributed by atoms with Crippen LogP contribution in [0.15, 0.2) is 30.5 Å². The summed E-state index contributed by atoms with van der Waals surface area (Å²) in [5.74, 6) is -0.175. The first-order valence-corrected chi connectivity index (χ1v) is 9.32. The number of nitrogens with one attached hydrogen (secondary N) is 1. The van der Waals surface area contributed by atoms with Gasteiger partial charge in [0.1, 0.15) is 6.04 Å². The Morgan fingerprint density at radius 2 is 1.96 bits per heavy atom. The van der Waals surface area contributed by atoms with Crippen molar-refractivity contribution in [3.8, 4) is 0 Å². The monoisotopic (exact) mass is 405 g/mol. The smallest absolute Gasteiger partial charge is 0.249 e. The van der Waals surface area contributed by atoms with E-state index in [0.29, 0.717) is 22.3 Å². The van der Waals surface area contributed by atoms with Gasteiger partial charge in [0, 0.05) is 5.02 Å². The molecule has 0 radical (unpaired) electrons. The first-order valence-electron chi connectivity index (χ1n) is 8.57. The van der Waals surface area contributed by atoms with Crippen LogP contribution < -0.4 is 5.32 Å². The second-order valence-corrected chi connectivity index (χ2v) is 7.36. The third-order valence-corrected chi connectivity index (χ3v) is 5.19. The minimum atomic E-state index is -0.493. The number of nitrogens with zero attached hydrogens (tertiary/aromatic N) is 4. The Balaban J connectivity index is 1.80. The van der Waals surface area contributed by atoms with Crippen LogP contribution in [0.1, 0.15) is 35.6 Å². The summed E-state index contributed by atoms with van der Waals surface area (Å²) in [4.78, 5) is 12.7. The maximum atomic E-state index is 12.7. The SMILES string of the molecule is Cc1nn(Cc2cccc(Cl)c2)c(C)c1NC(=O)C(C)n1ncc(Cl)c1C. The maximum Gasteiger partial charge on any atom is 0.249 e. The standard InChI is InChI=1S/C19H21Cl2N5O/c1-11-18(23-19(27)14(4)26-12(2)17(21)9-22-26)13(3)25(24-11)10-15-6-5-7-16(20)8-15/h5-9,14H,10H2,1-4H3,(H,23,27). The average Bonchev–Trinajstić information content (AvgIpc) is 3.08. The predicted molar refractivity (Wildman–Crippen MR) is 108 cm³/mol. The van der Waals surface area contributed by atoms with E-state index in [1.807, 2.05) is 49.7 Å². The second kappa shape index (κ2) is 7.74. The van der Waals surface area contributed by atoms with Gasteiger partial charge in [0.05, 0.1) is 40.5 Å². The highest BCUT2D eigenvalue weighted by atomic mass is 35.5. The van der Waals surface area contributed by atoms with Crippen LogP contribution >= 0.6 is 23.2 Å². The van der Waals surface area contributed by atoms with Crippen LogP contribution in [0.5, 0.6) is 0 Å². The topological polar surface area (TPSA) is 64.7 Å². The lowest BCUT2D eigenvalue weighted by molar-refractivity contribution is -0.119. The van der Waals surface area contributed by atoms with Crippen LogP contribution in [0, 0.1) is 20.8 Å². The Bertz CT molecular complexity index is 992. The molecule has 142 valence electrons. The van der Waals surface area contributed by atoms with E-state index in [0.717, 1.165) is 22.6 Å². The molecule has 3 rings (SSSR count). The molecule has 2 heterocycles. The van der Waals surface area contributed by atoms with E-state index in [1.165, 1.54) is 0 Å². The van der Waals surface area contributed by atoms with Gasteiger partial charge in [0.2, 0.25) is 5.91 Å². The molecule has 0 bridgehead atoms. The highest BCUT2D eigenvalue weighted by Gasteiger charge is 2.22. The molecule has 3 aromatic rings. The number of anilines is 1. The summed E-state index contributed by atoms with van der Waals surface area (Å²) in [5.41, 5.74) is 4.14. The molecule has 0 aliphatic carbocycles. The summed E-state index contributed by atoms with van der Waals surface area (Å²) in [6, 6.07) is 7.15. The second-order valence-electron chi connectivity index (χ2n) is 6.52. The van der Waals surface area contributed by atoms with Gasteiger partial charge in [-0.3, -0.25) is 14.2 Å². The largest absolute Gasteiger partial charge is 0.321 e. The number of benzene rings is 1. The minimum absolute atomic E-state index is 0.175. The van der Waals surface area contributed by atoms with Crippen molar-refractivity contribution in [3.05, 3.63) is 63.2 Å². The molecule has 1 amide bonds. The molecule has 2 aromatic heterocycles. The molecule has 1 N–H and O–H groups in total. The van der Waals surface area contributed by atoms with Gasteiger partial charge >= 0.3 is 0 Å². The van der Waals surface area contributed by atoms with E-state index >= 15 is 0 Å². The normalized spacial score (nSPS) is 12.2. The Hall–Kier alpha value is -2.31. The molecule has 8 heteroatoms. The van der Waals surface area contributed by atoms with Crippen molar-refractivity contribution in [1.29, 1.82) is 0 Å². The van der Waals surface area contributed by atoms with Crippen molar-refractivity contribution >= 4 is 34.8 Å². The van der Waals surface area contributed by atoms with E-state index in [9.17, 15) is 4.79 Å². The van der Waals surface area contributed by atoms with E-state index < -0.39 is 6.04 Å². The Morgan fingerprint density at radius 3 is 2.59 bits per heavy atom. The van der Waals surface area contributed by atoms with Gasteiger partial charge in [-0.05, 0) is 45.4 Å². The molecule has 27 heavy (non-hydrogen) atoms. The van der Waals surface area contributed by atoms with Crippen LogP contribution in [0.4, 0.5) is 5.69 Å². The molecule has 1 unspecified atom stereocenters. The number of carbonyl (C=O) groups is 1. The van der Waals surface area contributed by atoms with Crippen LogP contribution in [0.3, 0.4) is 0 Å². The zero-order valence-corrected chi connectivity index (χ0v) is 17.1. The van der Waals surface area contributed by atoms with Gasteiger partial charge in [-0.2, -0.15) is 10.2 Å². The molecule has 0 saturated carbocycles. The molecule has 0 aliphatic heterocycles. The summed E-state index contributed by atoms with van der Waals surface area (Å²) in [7, 11) is 0. The Kier molecular flexibility index (Phi) is 5.58. The zero-order chi connectivity index (χ0) is 19.7. The van der Waals surface area contributed by atoms with Crippen LogP contribution in [-0.2, 0) is 11.3 Å². The lowest BCUT2D eigenvalue weighted by Crippen LogP contribution is -2.25. The van der Waals surface area contributed by atoms with Crippen LogP contribution in [-0.4, -0.2) is 25.5 Å². The van der Waals surface area contributed by atoms with E-state index in [-0.39, 0.29) is 5.91 Å². The average molecular weight is 406 g/mol. The Morgan fingerprint density at radius 1 is 1.22 bits per heavy atom. The fourth-order valence-corrected chi connectivity index (χ4v) is 3.31. The number of halogens is 2.